The van der Waals surface area contributed by atoms with Gasteiger partial charge in [0.15, 0.2) is 0 Å². The topological polar surface area (TPSA) is 29.3 Å². The Morgan fingerprint density at radius 1 is 1.53 bits per heavy atom. The molecule has 0 bridgehead atoms. The maximum absolute atomic E-state index is 5.59. The van der Waals surface area contributed by atoms with Crippen LogP contribution in [0.25, 0.3) is 0 Å². The van der Waals surface area contributed by atoms with Crippen LogP contribution >= 0.6 is 27.7 Å². The summed E-state index contributed by atoms with van der Waals surface area (Å²) in [5.74, 6) is 1.23. The number of thioether (sulfide) groups is 1. The Hall–Kier alpha value is -0.190. The zero-order chi connectivity index (χ0) is 12.3. The molecule has 1 aliphatic rings. The van der Waals surface area contributed by atoms with E-state index in [9.17, 15) is 0 Å². The Labute approximate surface area is 116 Å². The Kier molecular flexibility index (Phi) is 4.77. The third-order valence-corrected chi connectivity index (χ3v) is 4.93. The van der Waals surface area contributed by atoms with Crippen molar-refractivity contribution in [2.45, 2.75) is 18.6 Å². The summed E-state index contributed by atoms with van der Waals surface area (Å²) in [4.78, 5) is 2.47. The lowest BCUT2D eigenvalue weighted by atomic mass is 10.1. The standard InChI is InChI=1S/C13H19BrN2S/c1-10-9-16(6-7-17-10)12-3-2-11(4-5-15)13(14)8-12/h2-3,8,10H,4-7,9,15H2,1H3. The normalized spacial score (nSPS) is 20.6. The molecule has 94 valence electrons. The summed E-state index contributed by atoms with van der Waals surface area (Å²) >= 11 is 5.70. The third kappa shape index (κ3) is 3.39. The van der Waals surface area contributed by atoms with E-state index in [1.807, 2.05) is 0 Å². The second-order valence-electron chi connectivity index (χ2n) is 4.44. The number of nitrogens with zero attached hydrogens (tertiary/aromatic N) is 1. The molecule has 17 heavy (non-hydrogen) atoms. The second-order valence-corrected chi connectivity index (χ2v) is 6.84. The largest absolute Gasteiger partial charge is 0.370 e. The molecule has 2 rings (SSSR count). The van der Waals surface area contributed by atoms with Gasteiger partial charge in [0.05, 0.1) is 0 Å². The van der Waals surface area contributed by atoms with Crippen LogP contribution in [0.1, 0.15) is 12.5 Å². The van der Waals surface area contributed by atoms with E-state index in [0.29, 0.717) is 6.54 Å². The predicted octanol–water partition coefficient (Wildman–Crippen LogP) is 2.89. The van der Waals surface area contributed by atoms with Gasteiger partial charge in [0.1, 0.15) is 0 Å². The number of nitrogens with two attached hydrogens (primary N) is 1. The van der Waals surface area contributed by atoms with Crippen LogP contribution in [0, 0.1) is 0 Å². The highest BCUT2D eigenvalue weighted by Gasteiger charge is 2.17. The molecule has 0 spiro atoms. The molecule has 2 N–H and O–H groups in total. The first kappa shape index (κ1) is 13.2. The monoisotopic (exact) mass is 314 g/mol. The average Bonchev–Trinajstić information content (AvgIpc) is 2.32. The minimum atomic E-state index is 0.704. The Morgan fingerprint density at radius 3 is 3.00 bits per heavy atom. The zero-order valence-electron chi connectivity index (χ0n) is 10.2. The lowest BCUT2D eigenvalue weighted by Crippen LogP contribution is -2.36. The van der Waals surface area contributed by atoms with Crippen LogP contribution in [-0.2, 0) is 6.42 Å². The fraction of sp³-hybridized carbons (Fsp3) is 0.538. The molecular formula is C13H19BrN2S. The molecule has 0 aliphatic carbocycles. The highest BCUT2D eigenvalue weighted by molar-refractivity contribution is 9.10. The number of anilines is 1. The molecule has 4 heteroatoms. The first-order valence-corrected chi connectivity index (χ1v) is 7.90. The van der Waals surface area contributed by atoms with Gasteiger partial charge in [-0.2, -0.15) is 11.8 Å². The van der Waals surface area contributed by atoms with Gasteiger partial charge in [-0.1, -0.05) is 28.9 Å². The summed E-state index contributed by atoms with van der Waals surface area (Å²) in [6.45, 7) is 5.30. The maximum Gasteiger partial charge on any atom is 0.0378 e. The van der Waals surface area contributed by atoms with Gasteiger partial charge in [0, 0.05) is 34.3 Å². The van der Waals surface area contributed by atoms with Crippen molar-refractivity contribution in [3.63, 3.8) is 0 Å². The molecule has 2 nitrogen and oxygen atoms in total. The summed E-state index contributed by atoms with van der Waals surface area (Å²) in [6.07, 6.45) is 0.938. The van der Waals surface area contributed by atoms with E-state index < -0.39 is 0 Å². The van der Waals surface area contributed by atoms with Crippen LogP contribution in [-0.4, -0.2) is 30.6 Å². The molecule has 0 aromatic heterocycles. The minimum absolute atomic E-state index is 0.704. The summed E-state index contributed by atoms with van der Waals surface area (Å²) in [6, 6.07) is 6.64. The third-order valence-electron chi connectivity index (χ3n) is 3.06. The van der Waals surface area contributed by atoms with Gasteiger partial charge in [-0.05, 0) is 30.7 Å². The van der Waals surface area contributed by atoms with Crippen molar-refractivity contribution in [1.29, 1.82) is 0 Å². The molecule has 1 atom stereocenters. The molecule has 1 aromatic carbocycles. The fourth-order valence-corrected chi connectivity index (χ4v) is 3.72. The van der Waals surface area contributed by atoms with Crippen LogP contribution < -0.4 is 10.6 Å². The molecule has 1 aromatic rings. The van der Waals surface area contributed by atoms with Crippen molar-refractivity contribution < 1.29 is 0 Å². The highest BCUT2D eigenvalue weighted by atomic mass is 79.9. The lowest BCUT2D eigenvalue weighted by Gasteiger charge is -2.32. The summed E-state index contributed by atoms with van der Waals surface area (Å²) < 4.78 is 1.19. The maximum atomic E-state index is 5.59. The molecule has 1 heterocycles. The van der Waals surface area contributed by atoms with Crippen molar-refractivity contribution in [1.82, 2.24) is 0 Å². The van der Waals surface area contributed by atoms with E-state index >= 15 is 0 Å². The van der Waals surface area contributed by atoms with E-state index in [1.54, 1.807) is 0 Å². The van der Waals surface area contributed by atoms with E-state index in [-0.39, 0.29) is 0 Å². The van der Waals surface area contributed by atoms with Crippen molar-refractivity contribution >= 4 is 33.4 Å². The quantitative estimate of drug-likeness (QED) is 0.930. The molecule has 1 saturated heterocycles. The Morgan fingerprint density at radius 2 is 2.35 bits per heavy atom. The number of rotatable bonds is 3. The van der Waals surface area contributed by atoms with Gasteiger partial charge in [-0.3, -0.25) is 0 Å². The number of benzene rings is 1. The van der Waals surface area contributed by atoms with Gasteiger partial charge >= 0.3 is 0 Å². The van der Waals surface area contributed by atoms with Crippen LogP contribution in [0.4, 0.5) is 5.69 Å². The summed E-state index contributed by atoms with van der Waals surface area (Å²) in [5, 5.41) is 0.728. The first-order valence-electron chi connectivity index (χ1n) is 6.05. The molecule has 1 aliphatic heterocycles. The molecule has 0 radical (unpaired) electrons. The molecule has 0 amide bonds. The summed E-state index contributed by atoms with van der Waals surface area (Å²) in [7, 11) is 0. The Bertz CT molecular complexity index is 384. The van der Waals surface area contributed by atoms with Crippen molar-refractivity contribution in [2.75, 3.05) is 30.3 Å². The van der Waals surface area contributed by atoms with Gasteiger partial charge in [-0.15, -0.1) is 0 Å². The van der Waals surface area contributed by atoms with Gasteiger partial charge in [0.2, 0.25) is 0 Å². The minimum Gasteiger partial charge on any atom is -0.370 e. The molecular weight excluding hydrogens is 296 g/mol. The lowest BCUT2D eigenvalue weighted by molar-refractivity contribution is 0.782. The average molecular weight is 315 g/mol. The SMILES string of the molecule is CC1CN(c2ccc(CCN)c(Br)c2)CCS1. The zero-order valence-corrected chi connectivity index (χ0v) is 12.6. The van der Waals surface area contributed by atoms with Crippen LogP contribution in [0.15, 0.2) is 22.7 Å². The highest BCUT2D eigenvalue weighted by Crippen LogP contribution is 2.28. The van der Waals surface area contributed by atoms with Gasteiger partial charge < -0.3 is 10.6 Å². The molecule has 1 unspecified atom stereocenters. The van der Waals surface area contributed by atoms with E-state index in [4.69, 9.17) is 5.73 Å². The van der Waals surface area contributed by atoms with Crippen LogP contribution in [0.2, 0.25) is 0 Å². The predicted molar refractivity (Wildman–Crippen MR) is 81.0 cm³/mol. The van der Waals surface area contributed by atoms with Gasteiger partial charge in [0.25, 0.3) is 0 Å². The van der Waals surface area contributed by atoms with Gasteiger partial charge in [-0.25, -0.2) is 0 Å². The van der Waals surface area contributed by atoms with Crippen molar-refractivity contribution in [2.24, 2.45) is 5.73 Å². The van der Waals surface area contributed by atoms with E-state index in [0.717, 1.165) is 24.8 Å². The smallest absolute Gasteiger partial charge is 0.0378 e. The first-order chi connectivity index (χ1) is 8.20. The second kappa shape index (κ2) is 6.12. The van der Waals surface area contributed by atoms with Crippen LogP contribution in [0.3, 0.4) is 0 Å². The fourth-order valence-electron chi connectivity index (χ4n) is 2.14. The summed E-state index contributed by atoms with van der Waals surface area (Å²) in [5.41, 5.74) is 8.22. The van der Waals surface area contributed by atoms with E-state index in [2.05, 4.69) is 57.7 Å². The number of hydrogen-bond acceptors (Lipinski definition) is 3. The Balaban J connectivity index is 2.13. The molecule has 0 saturated carbocycles. The number of halogens is 1. The van der Waals surface area contributed by atoms with Crippen LogP contribution in [0.5, 0.6) is 0 Å². The van der Waals surface area contributed by atoms with Crippen molar-refractivity contribution in [3.8, 4) is 0 Å². The molecule has 1 fully saturated rings. The number of hydrogen-bond donors (Lipinski definition) is 1. The van der Waals surface area contributed by atoms with Crippen molar-refractivity contribution in [3.05, 3.63) is 28.2 Å². The van der Waals surface area contributed by atoms with E-state index in [1.165, 1.54) is 21.5 Å².